The molecule has 2 aromatic rings. The van der Waals surface area contributed by atoms with Crippen molar-refractivity contribution < 1.29 is 9.57 Å². The van der Waals surface area contributed by atoms with E-state index in [0.717, 1.165) is 36.3 Å². The second kappa shape index (κ2) is 6.44. The van der Waals surface area contributed by atoms with Crippen molar-refractivity contribution in [2.45, 2.75) is 25.9 Å². The molecule has 0 saturated heterocycles. The number of aryl methyl sites for hydroxylation is 1. The molecule has 3 heteroatoms. The van der Waals surface area contributed by atoms with Crippen molar-refractivity contribution in [3.63, 3.8) is 0 Å². The number of oxime groups is 1. The number of fused-ring (bicyclic) bond motifs is 1. The predicted molar refractivity (Wildman–Crippen MR) is 83.7 cm³/mol. The Kier molecular flexibility index (Phi) is 4.20. The number of methoxy groups -OCH3 is 1. The van der Waals surface area contributed by atoms with Gasteiger partial charge in [-0.15, -0.1) is 0 Å². The molecule has 1 aliphatic carbocycles. The van der Waals surface area contributed by atoms with Gasteiger partial charge >= 0.3 is 0 Å². The van der Waals surface area contributed by atoms with Crippen LogP contribution in [0.1, 0.15) is 29.5 Å². The average molecular weight is 281 g/mol. The minimum Gasteiger partial charge on any atom is -0.497 e. The smallest absolute Gasteiger partial charge is 0.142 e. The molecule has 0 spiro atoms. The van der Waals surface area contributed by atoms with Gasteiger partial charge in [-0.2, -0.15) is 0 Å². The second-order valence-corrected chi connectivity index (χ2v) is 5.17. The van der Waals surface area contributed by atoms with Crippen LogP contribution in [0.5, 0.6) is 5.75 Å². The Bertz CT molecular complexity index is 649. The lowest BCUT2D eigenvalue weighted by atomic mass is 9.90. The Morgan fingerprint density at radius 3 is 2.86 bits per heavy atom. The fraction of sp³-hybridized carbons (Fsp3) is 0.278. The van der Waals surface area contributed by atoms with Crippen molar-refractivity contribution in [1.82, 2.24) is 0 Å². The molecule has 3 nitrogen and oxygen atoms in total. The van der Waals surface area contributed by atoms with Crippen LogP contribution in [0.25, 0.3) is 0 Å². The van der Waals surface area contributed by atoms with E-state index >= 15 is 0 Å². The molecule has 0 atom stereocenters. The fourth-order valence-electron chi connectivity index (χ4n) is 2.64. The molecule has 0 amide bonds. The van der Waals surface area contributed by atoms with Gasteiger partial charge in [0.25, 0.3) is 0 Å². The molecule has 3 rings (SSSR count). The second-order valence-electron chi connectivity index (χ2n) is 5.17. The Balaban J connectivity index is 1.69. The molecule has 1 aliphatic rings. The van der Waals surface area contributed by atoms with E-state index in [1.54, 1.807) is 7.11 Å². The third-order valence-corrected chi connectivity index (χ3v) is 3.73. The first-order valence-corrected chi connectivity index (χ1v) is 7.27. The standard InChI is InChI=1S/C18H19NO2/c1-20-16-9-4-6-14(12-16)13-21-19-18-11-5-8-15-7-2-3-10-17(15)18/h2-4,6-7,9-10,12H,5,8,11,13H2,1H3/b19-18+. The van der Waals surface area contributed by atoms with Crippen LogP contribution in [-0.4, -0.2) is 12.8 Å². The first-order chi connectivity index (χ1) is 10.4. The molecular weight excluding hydrogens is 262 g/mol. The van der Waals surface area contributed by atoms with E-state index < -0.39 is 0 Å². The van der Waals surface area contributed by atoms with Crippen LogP contribution in [0.2, 0.25) is 0 Å². The molecule has 0 unspecified atom stereocenters. The maximum Gasteiger partial charge on any atom is 0.142 e. The van der Waals surface area contributed by atoms with E-state index in [9.17, 15) is 0 Å². The summed E-state index contributed by atoms with van der Waals surface area (Å²) in [5.74, 6) is 0.840. The van der Waals surface area contributed by atoms with Gasteiger partial charge in [0, 0.05) is 5.56 Å². The first-order valence-electron chi connectivity index (χ1n) is 7.27. The number of benzene rings is 2. The summed E-state index contributed by atoms with van der Waals surface area (Å²) in [5, 5.41) is 4.35. The zero-order valence-corrected chi connectivity index (χ0v) is 12.2. The van der Waals surface area contributed by atoms with Gasteiger partial charge in [0.05, 0.1) is 12.8 Å². The van der Waals surface area contributed by atoms with E-state index in [-0.39, 0.29) is 0 Å². The van der Waals surface area contributed by atoms with Crippen LogP contribution in [0.3, 0.4) is 0 Å². The van der Waals surface area contributed by atoms with Crippen LogP contribution in [-0.2, 0) is 17.9 Å². The summed E-state index contributed by atoms with van der Waals surface area (Å²) in [6.07, 6.45) is 3.25. The summed E-state index contributed by atoms with van der Waals surface area (Å²) in [7, 11) is 1.67. The van der Waals surface area contributed by atoms with Gasteiger partial charge in [-0.25, -0.2) is 0 Å². The molecular formula is C18H19NO2. The summed E-state index contributed by atoms with van der Waals surface area (Å²) in [6, 6.07) is 16.3. The molecule has 0 aliphatic heterocycles. The Morgan fingerprint density at radius 1 is 1.05 bits per heavy atom. The third-order valence-electron chi connectivity index (χ3n) is 3.73. The molecule has 0 fully saturated rings. The lowest BCUT2D eigenvalue weighted by molar-refractivity contribution is 0.129. The minimum atomic E-state index is 0.461. The monoisotopic (exact) mass is 281 g/mol. The number of rotatable bonds is 4. The van der Waals surface area contributed by atoms with Crippen LogP contribution >= 0.6 is 0 Å². The van der Waals surface area contributed by atoms with Gasteiger partial charge < -0.3 is 9.57 Å². The largest absolute Gasteiger partial charge is 0.497 e. The fourth-order valence-corrected chi connectivity index (χ4v) is 2.64. The minimum absolute atomic E-state index is 0.461. The van der Waals surface area contributed by atoms with Crippen LogP contribution < -0.4 is 4.74 Å². The van der Waals surface area contributed by atoms with Crippen molar-refractivity contribution in [3.05, 3.63) is 65.2 Å². The number of hydrogen-bond acceptors (Lipinski definition) is 3. The van der Waals surface area contributed by atoms with Gasteiger partial charge in [-0.3, -0.25) is 0 Å². The van der Waals surface area contributed by atoms with Gasteiger partial charge in [-0.05, 0) is 42.5 Å². The van der Waals surface area contributed by atoms with Crippen LogP contribution in [0.4, 0.5) is 0 Å². The lowest BCUT2D eigenvalue weighted by Crippen LogP contribution is -2.12. The normalized spacial score (nSPS) is 15.6. The van der Waals surface area contributed by atoms with Crippen molar-refractivity contribution >= 4 is 5.71 Å². The summed E-state index contributed by atoms with van der Waals surface area (Å²) < 4.78 is 5.21. The number of nitrogens with zero attached hydrogens (tertiary/aromatic N) is 1. The van der Waals surface area contributed by atoms with Crippen LogP contribution in [0.15, 0.2) is 53.7 Å². The number of ether oxygens (including phenoxy) is 1. The van der Waals surface area contributed by atoms with E-state index in [1.807, 2.05) is 24.3 Å². The van der Waals surface area contributed by atoms with Gasteiger partial charge in [0.1, 0.15) is 12.4 Å². The zero-order valence-electron chi connectivity index (χ0n) is 12.2. The van der Waals surface area contributed by atoms with E-state index in [4.69, 9.17) is 9.57 Å². The summed E-state index contributed by atoms with van der Waals surface area (Å²) in [6.45, 7) is 0.461. The lowest BCUT2D eigenvalue weighted by Gasteiger charge is -2.17. The molecule has 0 radical (unpaired) electrons. The average Bonchev–Trinajstić information content (AvgIpc) is 2.55. The molecule has 0 heterocycles. The van der Waals surface area contributed by atoms with Crippen molar-refractivity contribution in [2.75, 3.05) is 7.11 Å². The van der Waals surface area contributed by atoms with Gasteiger partial charge in [-0.1, -0.05) is 41.6 Å². The number of hydrogen-bond donors (Lipinski definition) is 0. The maximum atomic E-state index is 5.55. The highest BCUT2D eigenvalue weighted by atomic mass is 16.6. The Morgan fingerprint density at radius 2 is 1.95 bits per heavy atom. The van der Waals surface area contributed by atoms with E-state index in [2.05, 4.69) is 29.4 Å². The quantitative estimate of drug-likeness (QED) is 0.794. The zero-order chi connectivity index (χ0) is 14.5. The Labute approximate surface area is 125 Å². The van der Waals surface area contributed by atoms with E-state index in [0.29, 0.717) is 6.61 Å². The van der Waals surface area contributed by atoms with Crippen molar-refractivity contribution in [2.24, 2.45) is 5.16 Å². The third kappa shape index (κ3) is 3.24. The molecule has 0 aromatic heterocycles. The highest BCUT2D eigenvalue weighted by molar-refractivity contribution is 6.02. The van der Waals surface area contributed by atoms with Crippen LogP contribution in [0, 0.1) is 0 Å². The molecule has 108 valence electrons. The summed E-state index contributed by atoms with van der Waals surface area (Å²) in [5.41, 5.74) is 4.71. The molecule has 2 aromatic carbocycles. The predicted octanol–water partition coefficient (Wildman–Crippen LogP) is 3.95. The maximum absolute atomic E-state index is 5.55. The molecule has 21 heavy (non-hydrogen) atoms. The summed E-state index contributed by atoms with van der Waals surface area (Å²) in [4.78, 5) is 5.55. The molecule has 0 bridgehead atoms. The van der Waals surface area contributed by atoms with Crippen molar-refractivity contribution in [3.8, 4) is 5.75 Å². The highest BCUT2D eigenvalue weighted by Gasteiger charge is 2.15. The van der Waals surface area contributed by atoms with Gasteiger partial charge in [0.15, 0.2) is 0 Å². The van der Waals surface area contributed by atoms with E-state index in [1.165, 1.54) is 11.1 Å². The highest BCUT2D eigenvalue weighted by Crippen LogP contribution is 2.22. The first kappa shape index (κ1) is 13.7. The SMILES string of the molecule is COc1cccc(CO/N=C2\CCCc3ccccc32)c1. The van der Waals surface area contributed by atoms with Gasteiger partial charge in [0.2, 0.25) is 0 Å². The Hall–Kier alpha value is -2.29. The molecule has 0 saturated carbocycles. The molecule has 0 N–H and O–H groups in total. The van der Waals surface area contributed by atoms with Crippen molar-refractivity contribution in [1.29, 1.82) is 0 Å². The topological polar surface area (TPSA) is 30.8 Å². The summed E-state index contributed by atoms with van der Waals surface area (Å²) >= 11 is 0.